The first-order chi connectivity index (χ1) is 10.1. The fourth-order valence-electron chi connectivity index (χ4n) is 2.32. The molecule has 1 aliphatic heterocycles. The van der Waals surface area contributed by atoms with Crippen LogP contribution in [0.25, 0.3) is 0 Å². The molecular weight excluding hydrogens is 290 g/mol. The second-order valence-corrected chi connectivity index (χ2v) is 6.03. The molecule has 0 aromatic heterocycles. The van der Waals surface area contributed by atoms with Crippen LogP contribution in [0, 0.1) is 0 Å². The Hall–Kier alpha value is -0.970. The molecule has 0 amide bonds. The largest absolute Gasteiger partial charge is 0.493 e. The molecule has 1 unspecified atom stereocenters. The number of rotatable bonds is 6. The molecule has 0 saturated carbocycles. The standard InChI is InChI=1S/C16H24ClNO3/c1-11(2)18-9-12-7-13(17)8-15(19-3)16(12)21-14-5-4-6-20-10-14/h7-8,11,14,18H,4-6,9-10H2,1-3H3. The Balaban J connectivity index is 2.21. The molecule has 2 rings (SSSR count). The smallest absolute Gasteiger partial charge is 0.166 e. The zero-order chi connectivity index (χ0) is 15.2. The maximum Gasteiger partial charge on any atom is 0.166 e. The molecule has 118 valence electrons. The van der Waals surface area contributed by atoms with Crippen molar-refractivity contribution < 1.29 is 14.2 Å². The van der Waals surface area contributed by atoms with E-state index in [1.807, 2.05) is 6.07 Å². The molecule has 21 heavy (non-hydrogen) atoms. The zero-order valence-corrected chi connectivity index (χ0v) is 13.7. The van der Waals surface area contributed by atoms with Crippen molar-refractivity contribution in [1.29, 1.82) is 0 Å². The van der Waals surface area contributed by atoms with E-state index in [4.69, 9.17) is 25.8 Å². The molecule has 1 fully saturated rings. The van der Waals surface area contributed by atoms with Crippen molar-refractivity contribution in [3.63, 3.8) is 0 Å². The minimum atomic E-state index is 0.0756. The highest BCUT2D eigenvalue weighted by Crippen LogP contribution is 2.36. The van der Waals surface area contributed by atoms with Gasteiger partial charge < -0.3 is 19.5 Å². The number of methoxy groups -OCH3 is 1. The molecule has 0 spiro atoms. The number of hydrogen-bond donors (Lipinski definition) is 1. The molecule has 5 heteroatoms. The van der Waals surface area contributed by atoms with Crippen molar-refractivity contribution in [2.75, 3.05) is 20.3 Å². The van der Waals surface area contributed by atoms with Crippen LogP contribution in [-0.4, -0.2) is 32.5 Å². The van der Waals surface area contributed by atoms with Gasteiger partial charge in [0.15, 0.2) is 11.5 Å². The third-order valence-corrected chi connectivity index (χ3v) is 3.64. The summed E-state index contributed by atoms with van der Waals surface area (Å²) >= 11 is 6.17. The summed E-state index contributed by atoms with van der Waals surface area (Å²) in [5, 5.41) is 4.04. The molecule has 1 N–H and O–H groups in total. The maximum absolute atomic E-state index is 6.17. The topological polar surface area (TPSA) is 39.7 Å². The minimum Gasteiger partial charge on any atom is -0.493 e. The van der Waals surface area contributed by atoms with Gasteiger partial charge in [0.05, 0.1) is 13.7 Å². The van der Waals surface area contributed by atoms with Gasteiger partial charge in [-0.3, -0.25) is 0 Å². The van der Waals surface area contributed by atoms with Crippen LogP contribution in [0.4, 0.5) is 0 Å². The number of hydrogen-bond acceptors (Lipinski definition) is 4. The zero-order valence-electron chi connectivity index (χ0n) is 12.9. The summed E-state index contributed by atoms with van der Waals surface area (Å²) < 4.78 is 17.1. The lowest BCUT2D eigenvalue weighted by Gasteiger charge is -2.26. The predicted octanol–water partition coefficient (Wildman–Crippen LogP) is 3.40. The van der Waals surface area contributed by atoms with Gasteiger partial charge in [-0.25, -0.2) is 0 Å². The summed E-state index contributed by atoms with van der Waals surface area (Å²) in [6.45, 7) is 6.36. The quantitative estimate of drug-likeness (QED) is 0.873. The molecule has 1 saturated heterocycles. The van der Waals surface area contributed by atoms with Crippen LogP contribution in [0.1, 0.15) is 32.3 Å². The molecule has 0 bridgehead atoms. The summed E-state index contributed by atoms with van der Waals surface area (Å²) in [6, 6.07) is 4.11. The molecule has 1 aromatic rings. The molecule has 1 heterocycles. The van der Waals surface area contributed by atoms with E-state index in [0.29, 0.717) is 30.0 Å². The second kappa shape index (κ2) is 7.87. The Morgan fingerprint density at radius 3 is 2.86 bits per heavy atom. The Labute approximate surface area is 131 Å². The average Bonchev–Trinajstić information content (AvgIpc) is 2.48. The van der Waals surface area contributed by atoms with E-state index in [2.05, 4.69) is 19.2 Å². The second-order valence-electron chi connectivity index (χ2n) is 5.59. The molecule has 1 aromatic carbocycles. The van der Waals surface area contributed by atoms with Crippen LogP contribution < -0.4 is 14.8 Å². The number of halogens is 1. The van der Waals surface area contributed by atoms with Gasteiger partial charge in [-0.2, -0.15) is 0 Å². The lowest BCUT2D eigenvalue weighted by molar-refractivity contribution is 0.00599. The van der Waals surface area contributed by atoms with E-state index in [1.165, 1.54) is 0 Å². The highest BCUT2D eigenvalue weighted by atomic mass is 35.5. The van der Waals surface area contributed by atoms with Crippen LogP contribution >= 0.6 is 11.6 Å². The van der Waals surface area contributed by atoms with Crippen molar-refractivity contribution in [2.24, 2.45) is 0 Å². The first-order valence-corrected chi connectivity index (χ1v) is 7.82. The van der Waals surface area contributed by atoms with Gasteiger partial charge in [0.2, 0.25) is 0 Å². The van der Waals surface area contributed by atoms with Crippen molar-refractivity contribution in [3.05, 3.63) is 22.7 Å². The summed E-state index contributed by atoms with van der Waals surface area (Å²) in [4.78, 5) is 0. The SMILES string of the molecule is COc1cc(Cl)cc(CNC(C)C)c1OC1CCCOC1. The van der Waals surface area contributed by atoms with Crippen molar-refractivity contribution in [3.8, 4) is 11.5 Å². The van der Waals surface area contributed by atoms with E-state index >= 15 is 0 Å². The monoisotopic (exact) mass is 313 g/mol. The molecule has 0 radical (unpaired) electrons. The fraction of sp³-hybridized carbons (Fsp3) is 0.625. The van der Waals surface area contributed by atoms with Crippen LogP contribution in [0.3, 0.4) is 0 Å². The van der Waals surface area contributed by atoms with Gasteiger partial charge in [0.1, 0.15) is 6.10 Å². The summed E-state index contributed by atoms with van der Waals surface area (Å²) in [6.07, 6.45) is 2.11. The van der Waals surface area contributed by atoms with Crippen molar-refractivity contribution >= 4 is 11.6 Å². The van der Waals surface area contributed by atoms with E-state index in [9.17, 15) is 0 Å². The molecular formula is C16H24ClNO3. The lowest BCUT2D eigenvalue weighted by Crippen LogP contribution is -2.29. The van der Waals surface area contributed by atoms with Gasteiger partial charge in [-0.05, 0) is 18.9 Å². The van der Waals surface area contributed by atoms with Crippen LogP contribution in [-0.2, 0) is 11.3 Å². The third-order valence-electron chi connectivity index (χ3n) is 3.42. The summed E-state index contributed by atoms with van der Waals surface area (Å²) in [5.41, 5.74) is 1.01. The van der Waals surface area contributed by atoms with Crippen LogP contribution in [0.15, 0.2) is 12.1 Å². The molecule has 1 aliphatic rings. The Bertz CT molecular complexity index is 459. The van der Waals surface area contributed by atoms with Gasteiger partial charge in [-0.15, -0.1) is 0 Å². The van der Waals surface area contributed by atoms with Crippen molar-refractivity contribution in [1.82, 2.24) is 5.32 Å². The highest BCUT2D eigenvalue weighted by molar-refractivity contribution is 6.30. The van der Waals surface area contributed by atoms with Crippen molar-refractivity contribution in [2.45, 2.75) is 45.4 Å². The van der Waals surface area contributed by atoms with E-state index < -0.39 is 0 Å². The van der Waals surface area contributed by atoms with E-state index in [0.717, 1.165) is 30.8 Å². The van der Waals surface area contributed by atoms with E-state index in [-0.39, 0.29) is 6.10 Å². The van der Waals surface area contributed by atoms with Crippen LogP contribution in [0.5, 0.6) is 11.5 Å². The maximum atomic E-state index is 6.17. The Kier molecular flexibility index (Phi) is 6.15. The highest BCUT2D eigenvalue weighted by Gasteiger charge is 2.20. The Morgan fingerprint density at radius 2 is 2.24 bits per heavy atom. The first-order valence-electron chi connectivity index (χ1n) is 7.44. The first kappa shape index (κ1) is 16.4. The normalized spacial score (nSPS) is 18.8. The van der Waals surface area contributed by atoms with E-state index in [1.54, 1.807) is 13.2 Å². The molecule has 4 nitrogen and oxygen atoms in total. The summed E-state index contributed by atoms with van der Waals surface area (Å²) in [5.74, 6) is 1.44. The van der Waals surface area contributed by atoms with Gasteiger partial charge >= 0.3 is 0 Å². The fourth-order valence-corrected chi connectivity index (χ4v) is 2.56. The van der Waals surface area contributed by atoms with Gasteiger partial charge in [0.25, 0.3) is 0 Å². The minimum absolute atomic E-state index is 0.0756. The Morgan fingerprint density at radius 1 is 1.43 bits per heavy atom. The van der Waals surface area contributed by atoms with Crippen LogP contribution in [0.2, 0.25) is 5.02 Å². The molecule has 1 atom stereocenters. The van der Waals surface area contributed by atoms with Gasteiger partial charge in [-0.1, -0.05) is 25.4 Å². The molecule has 0 aliphatic carbocycles. The predicted molar refractivity (Wildman–Crippen MR) is 84.4 cm³/mol. The lowest BCUT2D eigenvalue weighted by atomic mass is 10.1. The number of ether oxygens (including phenoxy) is 3. The number of nitrogens with one attached hydrogen (secondary N) is 1. The third kappa shape index (κ3) is 4.77. The number of benzene rings is 1. The average molecular weight is 314 g/mol. The van der Waals surface area contributed by atoms with Gasteiger partial charge in [0, 0.05) is 35.8 Å². The summed E-state index contributed by atoms with van der Waals surface area (Å²) in [7, 11) is 1.63.